The van der Waals surface area contributed by atoms with Crippen molar-refractivity contribution in [1.29, 1.82) is 0 Å². The highest BCUT2D eigenvalue weighted by atomic mass is 79.9. The maximum absolute atomic E-state index is 12.4. The molecule has 0 fully saturated rings. The molecule has 0 radical (unpaired) electrons. The Hall–Kier alpha value is -1.38. The van der Waals surface area contributed by atoms with Gasteiger partial charge in [0.1, 0.15) is 0 Å². The summed E-state index contributed by atoms with van der Waals surface area (Å²) in [6, 6.07) is 7.01. The molecule has 0 saturated carbocycles. The number of nitrogens with one attached hydrogen (secondary N) is 3. The number of halogens is 1. The van der Waals surface area contributed by atoms with Crippen LogP contribution in [-0.4, -0.2) is 25.7 Å². The van der Waals surface area contributed by atoms with Crippen LogP contribution in [-0.2, 0) is 16.6 Å². The van der Waals surface area contributed by atoms with E-state index in [1.165, 1.54) is 0 Å². The lowest BCUT2D eigenvalue weighted by atomic mass is 10.3. The summed E-state index contributed by atoms with van der Waals surface area (Å²) in [5.74, 6) is 0. The number of sulfonamides is 1. The van der Waals surface area contributed by atoms with E-state index < -0.39 is 10.0 Å². The Kier molecular flexibility index (Phi) is 4.46. The number of H-pyrrole nitrogens is 1. The molecule has 0 atom stereocenters. The molecule has 108 valence electrons. The Labute approximate surface area is 126 Å². The van der Waals surface area contributed by atoms with Crippen LogP contribution in [0.4, 0.5) is 5.69 Å². The Bertz CT molecular complexity index is 712. The first-order valence-electron chi connectivity index (χ1n) is 5.91. The summed E-state index contributed by atoms with van der Waals surface area (Å²) in [4.78, 5) is 0. The van der Waals surface area contributed by atoms with Gasteiger partial charge in [-0.05, 0) is 42.0 Å². The second-order valence-electron chi connectivity index (χ2n) is 4.25. The number of hydrogen-bond acceptors (Lipinski definition) is 4. The van der Waals surface area contributed by atoms with Crippen LogP contribution in [0.5, 0.6) is 0 Å². The SMILES string of the molecule is CNCc1c(S(=O)(=O)Nc2ccccc2Br)n[nH]c1C. The molecular weight excluding hydrogens is 344 g/mol. The second-order valence-corrected chi connectivity index (χ2v) is 6.70. The highest BCUT2D eigenvalue weighted by molar-refractivity contribution is 9.10. The number of aromatic amines is 1. The molecule has 6 nitrogen and oxygen atoms in total. The fourth-order valence-electron chi connectivity index (χ4n) is 1.77. The summed E-state index contributed by atoms with van der Waals surface area (Å²) >= 11 is 3.31. The maximum atomic E-state index is 12.4. The summed E-state index contributed by atoms with van der Waals surface area (Å²) in [5, 5.41) is 9.56. The first-order chi connectivity index (χ1) is 9.45. The summed E-state index contributed by atoms with van der Waals surface area (Å²) < 4.78 is 28.0. The highest BCUT2D eigenvalue weighted by Gasteiger charge is 2.24. The quantitative estimate of drug-likeness (QED) is 0.762. The average Bonchev–Trinajstić information content (AvgIpc) is 2.75. The van der Waals surface area contributed by atoms with Crippen molar-refractivity contribution in [2.24, 2.45) is 0 Å². The predicted octanol–water partition coefficient (Wildman–Crippen LogP) is 2.00. The van der Waals surface area contributed by atoms with E-state index in [1.807, 2.05) is 6.07 Å². The van der Waals surface area contributed by atoms with Crippen LogP contribution in [0.25, 0.3) is 0 Å². The summed E-state index contributed by atoms with van der Waals surface area (Å²) in [6.07, 6.45) is 0. The Balaban J connectivity index is 2.39. The number of nitrogens with zero attached hydrogens (tertiary/aromatic N) is 1. The van der Waals surface area contributed by atoms with Crippen molar-refractivity contribution < 1.29 is 8.42 Å². The van der Waals surface area contributed by atoms with Gasteiger partial charge in [0.15, 0.2) is 0 Å². The van der Waals surface area contributed by atoms with Gasteiger partial charge >= 0.3 is 0 Å². The molecule has 3 N–H and O–H groups in total. The second kappa shape index (κ2) is 5.94. The molecule has 0 aliphatic rings. The van der Waals surface area contributed by atoms with Crippen LogP contribution < -0.4 is 10.0 Å². The number of para-hydroxylation sites is 1. The number of anilines is 1. The van der Waals surface area contributed by atoms with Crippen LogP contribution in [0.1, 0.15) is 11.3 Å². The summed E-state index contributed by atoms with van der Waals surface area (Å²) in [7, 11) is -1.98. The third-order valence-corrected chi connectivity index (χ3v) is 4.79. The van der Waals surface area contributed by atoms with E-state index >= 15 is 0 Å². The van der Waals surface area contributed by atoms with Crippen LogP contribution in [0, 0.1) is 6.92 Å². The van der Waals surface area contributed by atoms with E-state index in [0.29, 0.717) is 22.3 Å². The molecule has 0 saturated heterocycles. The molecule has 0 unspecified atom stereocenters. The molecule has 20 heavy (non-hydrogen) atoms. The van der Waals surface area contributed by atoms with Gasteiger partial charge in [0.2, 0.25) is 5.03 Å². The predicted molar refractivity (Wildman–Crippen MR) is 81.0 cm³/mol. The first kappa shape index (κ1) is 15.0. The van der Waals surface area contributed by atoms with Gasteiger partial charge in [-0.15, -0.1) is 0 Å². The molecule has 2 aromatic rings. The zero-order valence-electron chi connectivity index (χ0n) is 11.1. The fraction of sp³-hybridized carbons (Fsp3) is 0.250. The van der Waals surface area contributed by atoms with Gasteiger partial charge in [-0.1, -0.05) is 12.1 Å². The minimum Gasteiger partial charge on any atom is -0.316 e. The van der Waals surface area contributed by atoms with Crippen LogP contribution in [0.15, 0.2) is 33.8 Å². The number of aryl methyl sites for hydroxylation is 1. The molecule has 2 rings (SSSR count). The van der Waals surface area contributed by atoms with Crippen molar-refractivity contribution in [2.45, 2.75) is 18.5 Å². The van der Waals surface area contributed by atoms with E-state index in [1.54, 1.807) is 32.2 Å². The lowest BCUT2D eigenvalue weighted by Crippen LogP contribution is -2.17. The van der Waals surface area contributed by atoms with Crippen molar-refractivity contribution >= 4 is 31.6 Å². The zero-order valence-corrected chi connectivity index (χ0v) is 13.5. The number of hydrogen-bond donors (Lipinski definition) is 3. The average molecular weight is 359 g/mol. The van der Waals surface area contributed by atoms with E-state index in [2.05, 4.69) is 36.2 Å². The Morgan fingerprint density at radius 2 is 2.05 bits per heavy atom. The minimum atomic E-state index is -3.73. The minimum absolute atomic E-state index is 0.0140. The summed E-state index contributed by atoms with van der Waals surface area (Å²) in [6.45, 7) is 2.21. The van der Waals surface area contributed by atoms with E-state index in [-0.39, 0.29) is 5.03 Å². The van der Waals surface area contributed by atoms with Gasteiger partial charge in [0.25, 0.3) is 10.0 Å². The van der Waals surface area contributed by atoms with Gasteiger partial charge in [-0.25, -0.2) is 0 Å². The number of rotatable bonds is 5. The topological polar surface area (TPSA) is 86.9 Å². The van der Waals surface area contributed by atoms with Gasteiger partial charge in [0, 0.05) is 22.3 Å². The molecular formula is C12H15BrN4O2S. The molecule has 0 aliphatic carbocycles. The van der Waals surface area contributed by atoms with Crippen LogP contribution in [0.3, 0.4) is 0 Å². The largest absolute Gasteiger partial charge is 0.316 e. The number of benzene rings is 1. The van der Waals surface area contributed by atoms with Crippen molar-refractivity contribution in [3.63, 3.8) is 0 Å². The molecule has 0 amide bonds. The van der Waals surface area contributed by atoms with Gasteiger partial charge in [-0.3, -0.25) is 9.82 Å². The van der Waals surface area contributed by atoms with Crippen molar-refractivity contribution in [1.82, 2.24) is 15.5 Å². The van der Waals surface area contributed by atoms with Gasteiger partial charge < -0.3 is 5.32 Å². The molecule has 1 aromatic carbocycles. The van der Waals surface area contributed by atoms with Crippen LogP contribution >= 0.6 is 15.9 Å². The monoisotopic (exact) mass is 358 g/mol. The standard InChI is InChI=1S/C12H15BrN4O2S/c1-8-9(7-14-2)12(16-15-8)20(18,19)17-11-6-4-3-5-10(11)13/h3-6,14,17H,7H2,1-2H3,(H,15,16). The third-order valence-electron chi connectivity index (χ3n) is 2.76. The van der Waals surface area contributed by atoms with Crippen LogP contribution in [0.2, 0.25) is 0 Å². The maximum Gasteiger partial charge on any atom is 0.281 e. The van der Waals surface area contributed by atoms with Gasteiger partial charge in [-0.2, -0.15) is 13.5 Å². The summed E-state index contributed by atoms with van der Waals surface area (Å²) in [5.41, 5.74) is 1.84. The lowest BCUT2D eigenvalue weighted by Gasteiger charge is -2.09. The van der Waals surface area contributed by atoms with Crippen molar-refractivity contribution in [2.75, 3.05) is 11.8 Å². The normalized spacial score (nSPS) is 11.6. The fourth-order valence-corrected chi connectivity index (χ4v) is 3.57. The lowest BCUT2D eigenvalue weighted by molar-refractivity contribution is 0.595. The van der Waals surface area contributed by atoms with Crippen molar-refractivity contribution in [3.8, 4) is 0 Å². The molecule has 0 spiro atoms. The highest BCUT2D eigenvalue weighted by Crippen LogP contribution is 2.25. The van der Waals surface area contributed by atoms with E-state index in [9.17, 15) is 8.42 Å². The van der Waals surface area contributed by atoms with E-state index in [4.69, 9.17) is 0 Å². The molecule has 1 heterocycles. The first-order valence-corrected chi connectivity index (χ1v) is 8.19. The molecule has 1 aromatic heterocycles. The molecule has 8 heteroatoms. The third kappa shape index (κ3) is 3.02. The van der Waals surface area contributed by atoms with Gasteiger partial charge in [0.05, 0.1) is 5.69 Å². The smallest absolute Gasteiger partial charge is 0.281 e. The Morgan fingerprint density at radius 1 is 1.35 bits per heavy atom. The van der Waals surface area contributed by atoms with Crippen molar-refractivity contribution in [3.05, 3.63) is 40.0 Å². The zero-order chi connectivity index (χ0) is 14.8. The molecule has 0 bridgehead atoms. The Morgan fingerprint density at radius 3 is 2.70 bits per heavy atom. The van der Waals surface area contributed by atoms with E-state index in [0.717, 1.165) is 5.69 Å². The molecule has 0 aliphatic heterocycles. The number of aromatic nitrogens is 2.